The molecule has 2 aromatic rings. The predicted octanol–water partition coefficient (Wildman–Crippen LogP) is 3.63. The van der Waals surface area contributed by atoms with Gasteiger partial charge in [0.05, 0.1) is 17.2 Å². The number of hydrogen-bond donors (Lipinski definition) is 2. The Hall–Kier alpha value is -1.40. The van der Waals surface area contributed by atoms with E-state index in [1.54, 1.807) is 22.7 Å². The van der Waals surface area contributed by atoms with Gasteiger partial charge in [0.15, 0.2) is 5.96 Å². The van der Waals surface area contributed by atoms with Crippen molar-refractivity contribution in [3.8, 4) is 0 Å². The van der Waals surface area contributed by atoms with Crippen LogP contribution >= 0.6 is 22.7 Å². The van der Waals surface area contributed by atoms with Crippen molar-refractivity contribution in [2.24, 2.45) is 4.99 Å². The molecule has 0 aliphatic rings. The van der Waals surface area contributed by atoms with E-state index < -0.39 is 0 Å². The van der Waals surface area contributed by atoms with Gasteiger partial charge in [0.2, 0.25) is 0 Å². The van der Waals surface area contributed by atoms with Gasteiger partial charge in [0.1, 0.15) is 0 Å². The van der Waals surface area contributed by atoms with Crippen molar-refractivity contribution in [3.05, 3.63) is 38.5 Å². The van der Waals surface area contributed by atoms with E-state index in [1.807, 2.05) is 0 Å². The second-order valence-electron chi connectivity index (χ2n) is 5.12. The highest BCUT2D eigenvalue weighted by molar-refractivity contribution is 7.09. The number of aliphatic imine (C=N–C) groups is 1. The fourth-order valence-electron chi connectivity index (χ4n) is 2.01. The van der Waals surface area contributed by atoms with E-state index >= 15 is 0 Å². The summed E-state index contributed by atoms with van der Waals surface area (Å²) < 4.78 is 0. The molecule has 2 heterocycles. The summed E-state index contributed by atoms with van der Waals surface area (Å²) in [5.74, 6) is 1.33. The smallest absolute Gasteiger partial charge is 0.191 e. The van der Waals surface area contributed by atoms with Gasteiger partial charge in [0.25, 0.3) is 0 Å². The van der Waals surface area contributed by atoms with Crippen molar-refractivity contribution in [1.82, 2.24) is 15.6 Å². The zero-order valence-corrected chi connectivity index (χ0v) is 15.1. The maximum atomic E-state index is 4.63. The highest BCUT2D eigenvalue weighted by Crippen LogP contribution is 2.17. The molecular weight excluding hydrogens is 312 g/mol. The van der Waals surface area contributed by atoms with Crippen LogP contribution in [0.5, 0.6) is 0 Å². The minimum Gasteiger partial charge on any atom is -0.357 e. The summed E-state index contributed by atoms with van der Waals surface area (Å²) in [7, 11) is 0. The zero-order chi connectivity index (χ0) is 15.8. The molecule has 0 bridgehead atoms. The normalized spacial score (nSPS) is 13.1. The molecule has 22 heavy (non-hydrogen) atoms. The van der Waals surface area contributed by atoms with Crippen LogP contribution in [0.1, 0.15) is 43.0 Å². The molecule has 120 valence electrons. The van der Waals surface area contributed by atoms with Crippen LogP contribution in [0.2, 0.25) is 0 Å². The van der Waals surface area contributed by atoms with Gasteiger partial charge in [-0.05, 0) is 41.7 Å². The van der Waals surface area contributed by atoms with Crippen molar-refractivity contribution >= 4 is 28.6 Å². The zero-order valence-electron chi connectivity index (χ0n) is 13.4. The number of guanidine groups is 1. The fraction of sp³-hybridized carbons (Fsp3) is 0.500. The van der Waals surface area contributed by atoms with Crippen LogP contribution in [0.4, 0.5) is 0 Å². The highest BCUT2D eigenvalue weighted by Gasteiger charge is 2.07. The van der Waals surface area contributed by atoms with Gasteiger partial charge in [-0.1, -0.05) is 13.8 Å². The lowest BCUT2D eigenvalue weighted by atomic mass is 10.1. The first-order valence-corrected chi connectivity index (χ1v) is 9.52. The number of rotatable bonds is 7. The summed E-state index contributed by atoms with van der Waals surface area (Å²) in [4.78, 5) is 9.18. The SMILES string of the molecule is CCNC(=NCc1csc(CC)n1)NCC(C)c1ccsc1. The van der Waals surface area contributed by atoms with Gasteiger partial charge < -0.3 is 10.6 Å². The van der Waals surface area contributed by atoms with Gasteiger partial charge in [-0.3, -0.25) is 0 Å². The molecule has 0 aliphatic heterocycles. The van der Waals surface area contributed by atoms with E-state index in [0.29, 0.717) is 12.5 Å². The first kappa shape index (κ1) is 17.0. The van der Waals surface area contributed by atoms with Gasteiger partial charge in [-0.15, -0.1) is 11.3 Å². The molecule has 0 aromatic carbocycles. The summed E-state index contributed by atoms with van der Waals surface area (Å²) >= 11 is 3.45. The molecule has 2 N–H and O–H groups in total. The summed E-state index contributed by atoms with van der Waals surface area (Å²) in [6.07, 6.45) is 0.991. The van der Waals surface area contributed by atoms with Crippen molar-refractivity contribution < 1.29 is 0 Å². The Balaban J connectivity index is 1.89. The lowest BCUT2D eigenvalue weighted by molar-refractivity contribution is 0.701. The Morgan fingerprint density at radius 3 is 2.82 bits per heavy atom. The van der Waals surface area contributed by atoms with Crippen LogP contribution < -0.4 is 10.6 Å². The Kier molecular flexibility index (Phi) is 6.86. The molecule has 0 saturated carbocycles. The van der Waals surface area contributed by atoms with Crippen LogP contribution in [0, 0.1) is 0 Å². The van der Waals surface area contributed by atoms with E-state index in [2.05, 4.69) is 63.6 Å². The minimum atomic E-state index is 0.473. The van der Waals surface area contributed by atoms with E-state index in [0.717, 1.165) is 31.2 Å². The number of nitrogens with one attached hydrogen (secondary N) is 2. The summed E-state index contributed by atoms with van der Waals surface area (Å²) in [5, 5.41) is 14.3. The molecule has 0 radical (unpaired) electrons. The average Bonchev–Trinajstić information content (AvgIpc) is 3.20. The van der Waals surface area contributed by atoms with E-state index in [4.69, 9.17) is 0 Å². The Morgan fingerprint density at radius 2 is 2.18 bits per heavy atom. The summed E-state index contributed by atoms with van der Waals surface area (Å²) in [6.45, 7) is 8.79. The molecular formula is C16H24N4S2. The first-order valence-electron chi connectivity index (χ1n) is 7.70. The minimum absolute atomic E-state index is 0.473. The maximum Gasteiger partial charge on any atom is 0.191 e. The van der Waals surface area contributed by atoms with Gasteiger partial charge in [-0.2, -0.15) is 11.3 Å². The van der Waals surface area contributed by atoms with Gasteiger partial charge in [0, 0.05) is 18.5 Å². The number of thiazole rings is 1. The van der Waals surface area contributed by atoms with E-state index in [1.165, 1.54) is 10.6 Å². The topological polar surface area (TPSA) is 49.3 Å². The molecule has 1 atom stereocenters. The van der Waals surface area contributed by atoms with Crippen molar-refractivity contribution in [2.75, 3.05) is 13.1 Å². The number of aromatic nitrogens is 1. The second kappa shape index (κ2) is 8.90. The summed E-state index contributed by atoms with van der Waals surface area (Å²) in [6, 6.07) is 2.18. The molecule has 0 aliphatic carbocycles. The Morgan fingerprint density at radius 1 is 1.32 bits per heavy atom. The molecule has 4 nitrogen and oxygen atoms in total. The van der Waals surface area contributed by atoms with Crippen LogP contribution in [0.25, 0.3) is 0 Å². The Labute approximate surface area is 140 Å². The van der Waals surface area contributed by atoms with Crippen molar-refractivity contribution in [1.29, 1.82) is 0 Å². The van der Waals surface area contributed by atoms with E-state index in [9.17, 15) is 0 Å². The monoisotopic (exact) mass is 336 g/mol. The molecule has 0 amide bonds. The molecule has 6 heteroatoms. The quantitative estimate of drug-likeness (QED) is 0.600. The number of hydrogen-bond acceptors (Lipinski definition) is 4. The van der Waals surface area contributed by atoms with E-state index in [-0.39, 0.29) is 0 Å². The average molecular weight is 337 g/mol. The van der Waals surface area contributed by atoms with Gasteiger partial charge >= 0.3 is 0 Å². The molecule has 0 fully saturated rings. The van der Waals surface area contributed by atoms with Crippen molar-refractivity contribution in [3.63, 3.8) is 0 Å². The first-order chi connectivity index (χ1) is 10.7. The van der Waals surface area contributed by atoms with Gasteiger partial charge in [-0.25, -0.2) is 9.98 Å². The number of nitrogens with zero attached hydrogens (tertiary/aromatic N) is 2. The third-order valence-electron chi connectivity index (χ3n) is 3.33. The molecule has 0 spiro atoms. The third kappa shape index (κ3) is 5.10. The standard InChI is InChI=1S/C16H24N4S2/c1-4-15-20-14(11-22-15)9-19-16(17-5-2)18-8-12(3)13-6-7-21-10-13/h6-7,10-12H,4-5,8-9H2,1-3H3,(H2,17,18,19). The maximum absolute atomic E-state index is 4.63. The molecule has 2 aromatic heterocycles. The predicted molar refractivity (Wildman–Crippen MR) is 97.0 cm³/mol. The molecule has 0 saturated heterocycles. The largest absolute Gasteiger partial charge is 0.357 e. The Bertz CT molecular complexity index is 575. The van der Waals surface area contributed by atoms with Crippen LogP contribution in [-0.4, -0.2) is 24.0 Å². The summed E-state index contributed by atoms with van der Waals surface area (Å²) in [5.41, 5.74) is 2.42. The highest BCUT2D eigenvalue weighted by atomic mass is 32.1. The number of aryl methyl sites for hydroxylation is 1. The number of thiophene rings is 1. The van der Waals surface area contributed by atoms with Crippen LogP contribution in [0.3, 0.4) is 0 Å². The second-order valence-corrected chi connectivity index (χ2v) is 6.84. The lowest BCUT2D eigenvalue weighted by Crippen LogP contribution is -2.39. The molecule has 1 unspecified atom stereocenters. The van der Waals surface area contributed by atoms with Crippen LogP contribution in [0.15, 0.2) is 27.2 Å². The fourth-order valence-corrected chi connectivity index (χ4v) is 3.53. The molecule has 2 rings (SSSR count). The van der Waals surface area contributed by atoms with Crippen molar-refractivity contribution in [2.45, 2.75) is 39.7 Å². The lowest BCUT2D eigenvalue weighted by Gasteiger charge is -2.15. The van der Waals surface area contributed by atoms with Crippen LogP contribution in [-0.2, 0) is 13.0 Å². The third-order valence-corrected chi connectivity index (χ3v) is 5.08.